The molecule has 10 nitrogen and oxygen atoms in total. The van der Waals surface area contributed by atoms with E-state index in [1.807, 2.05) is 37.1 Å². The number of likely N-dealkylation sites (tertiary alicyclic amines) is 1. The Morgan fingerprint density at radius 3 is 1.98 bits per heavy atom. The number of rotatable bonds is 4. The summed E-state index contributed by atoms with van der Waals surface area (Å²) in [6, 6.07) is 3.92. The minimum Gasteiger partial charge on any atom is -0.475 e. The van der Waals surface area contributed by atoms with E-state index in [2.05, 4.69) is 9.88 Å². The number of alkyl halides is 6. The Morgan fingerprint density at radius 2 is 1.52 bits per heavy atom. The normalized spacial score (nSPS) is 21.1. The topological polar surface area (TPSA) is 145 Å². The Balaban J connectivity index is 0.000000473. The van der Waals surface area contributed by atoms with Gasteiger partial charge in [0.2, 0.25) is 5.91 Å². The number of pyridine rings is 1. The van der Waals surface area contributed by atoms with Gasteiger partial charge in [0, 0.05) is 51.0 Å². The van der Waals surface area contributed by atoms with Crippen LogP contribution in [0.15, 0.2) is 24.5 Å². The number of hydrogen-bond acceptors (Lipinski definition) is 7. The van der Waals surface area contributed by atoms with Crippen LogP contribution in [0.5, 0.6) is 0 Å². The van der Waals surface area contributed by atoms with Gasteiger partial charge in [0.25, 0.3) is 0 Å². The molecule has 2 aliphatic heterocycles. The molecule has 2 saturated heterocycles. The van der Waals surface area contributed by atoms with Gasteiger partial charge in [-0.1, -0.05) is 19.9 Å². The Kier molecular flexibility index (Phi) is 12.8. The zero-order valence-corrected chi connectivity index (χ0v) is 22.5. The van der Waals surface area contributed by atoms with Crippen LogP contribution in [-0.4, -0.2) is 100 Å². The number of sulfone groups is 1. The molecule has 0 unspecified atom stereocenters. The van der Waals surface area contributed by atoms with Gasteiger partial charge in [0.1, 0.15) is 0 Å². The Labute approximate surface area is 226 Å². The molecule has 3 rings (SSSR count). The zero-order chi connectivity index (χ0) is 30.9. The number of carbonyl (C=O) groups excluding carboxylic acids is 1. The number of carboxylic acids is 2. The van der Waals surface area contributed by atoms with Crippen LogP contribution in [0.4, 0.5) is 26.3 Å². The summed E-state index contributed by atoms with van der Waals surface area (Å²) in [5.74, 6) is -4.84. The van der Waals surface area contributed by atoms with Crippen molar-refractivity contribution in [2.45, 2.75) is 63.3 Å². The molecule has 2 fully saturated rings. The number of carbonyl (C=O) groups is 3. The number of carboxylic acid groups (broad SMARTS) is 2. The minimum atomic E-state index is -5.08. The molecule has 0 saturated carbocycles. The quantitative estimate of drug-likeness (QED) is 0.494. The summed E-state index contributed by atoms with van der Waals surface area (Å²) in [6.45, 7) is 6.53. The third-order valence-electron chi connectivity index (χ3n) is 5.93. The summed E-state index contributed by atoms with van der Waals surface area (Å²) in [7, 11) is -3.10. The van der Waals surface area contributed by atoms with Gasteiger partial charge in [-0.3, -0.25) is 14.7 Å². The summed E-state index contributed by atoms with van der Waals surface area (Å²) < 4.78 is 88.8. The fourth-order valence-electron chi connectivity index (χ4n) is 4.11. The van der Waals surface area contributed by atoms with Crippen LogP contribution < -0.4 is 0 Å². The van der Waals surface area contributed by atoms with Crippen molar-refractivity contribution in [2.75, 3.05) is 25.4 Å². The number of amides is 1. The molecular formula is C23H31F6N3O7S. The predicted octanol–water partition coefficient (Wildman–Crippen LogP) is 2.98. The SMILES string of the molecule is CC(C)CC(=O)N1CC[C@@H]2[C@H](CC1)N(Cc1cccnc1)CCS2(=O)=O.O=C(O)C(F)(F)F.O=C(O)C(F)(F)F. The third-order valence-corrected chi connectivity index (χ3v) is 8.15. The Bertz CT molecular complexity index is 1070. The van der Waals surface area contributed by atoms with Gasteiger partial charge in [-0.2, -0.15) is 26.3 Å². The maximum atomic E-state index is 12.7. The molecule has 0 radical (unpaired) electrons. The van der Waals surface area contributed by atoms with Crippen LogP contribution >= 0.6 is 0 Å². The number of nitrogens with zero attached hydrogens (tertiary/aromatic N) is 3. The lowest BCUT2D eigenvalue weighted by atomic mass is 10.1. The molecule has 1 aromatic heterocycles. The molecule has 1 aromatic rings. The van der Waals surface area contributed by atoms with Crippen LogP contribution in [0.3, 0.4) is 0 Å². The smallest absolute Gasteiger partial charge is 0.475 e. The van der Waals surface area contributed by atoms with Gasteiger partial charge in [-0.05, 0) is 30.4 Å². The fourth-order valence-corrected chi connectivity index (χ4v) is 6.15. The molecule has 0 aliphatic carbocycles. The van der Waals surface area contributed by atoms with Gasteiger partial charge >= 0.3 is 24.3 Å². The summed E-state index contributed by atoms with van der Waals surface area (Å²) in [4.78, 5) is 38.6. The number of fused-ring (bicyclic) bond motifs is 1. The molecule has 1 amide bonds. The molecular weight excluding hydrogens is 576 g/mol. The van der Waals surface area contributed by atoms with E-state index >= 15 is 0 Å². The van der Waals surface area contributed by atoms with Gasteiger partial charge < -0.3 is 15.1 Å². The van der Waals surface area contributed by atoms with E-state index < -0.39 is 34.1 Å². The van der Waals surface area contributed by atoms with Gasteiger partial charge in [0.05, 0.1) is 11.0 Å². The maximum Gasteiger partial charge on any atom is 0.490 e. The predicted molar refractivity (Wildman–Crippen MR) is 129 cm³/mol. The first kappa shape index (κ1) is 35.1. The summed E-state index contributed by atoms with van der Waals surface area (Å²) in [6.07, 6.45) is -4.79. The van der Waals surface area contributed by atoms with Crippen LogP contribution in [0, 0.1) is 5.92 Å². The van der Waals surface area contributed by atoms with E-state index in [1.165, 1.54) is 0 Å². The minimum absolute atomic E-state index is 0.0224. The van der Waals surface area contributed by atoms with Crippen LogP contribution in [0.25, 0.3) is 0 Å². The standard InChI is InChI=1S/C19H29N3O3S.2C2HF3O2/c1-15(2)12-19(23)21-8-5-17-18(6-9-21)26(24,25)11-10-22(17)14-16-4-3-7-20-13-16;2*3-2(4,5)1(6)7/h3-4,7,13,15,17-18H,5-6,8-12,14H2,1-2H3;2*(H,6,7)/t17-,18+;;/m0../s1. The van der Waals surface area contributed by atoms with Crippen molar-refractivity contribution in [3.63, 3.8) is 0 Å². The molecule has 0 spiro atoms. The second-order valence-electron chi connectivity index (χ2n) is 9.47. The third kappa shape index (κ3) is 11.7. The van der Waals surface area contributed by atoms with E-state index in [9.17, 15) is 39.6 Å². The number of hydrogen-bond donors (Lipinski definition) is 2. The average molecular weight is 608 g/mol. The van der Waals surface area contributed by atoms with Crippen molar-refractivity contribution >= 4 is 27.7 Å². The largest absolute Gasteiger partial charge is 0.490 e. The van der Waals surface area contributed by atoms with Gasteiger partial charge in [-0.15, -0.1) is 0 Å². The molecule has 2 N–H and O–H groups in total. The average Bonchev–Trinajstić information content (AvgIpc) is 3.05. The Morgan fingerprint density at radius 1 is 1.00 bits per heavy atom. The first-order valence-corrected chi connectivity index (χ1v) is 13.7. The first-order chi connectivity index (χ1) is 18.3. The molecule has 0 aromatic carbocycles. The van der Waals surface area contributed by atoms with Crippen molar-refractivity contribution in [1.29, 1.82) is 0 Å². The van der Waals surface area contributed by atoms with Crippen molar-refractivity contribution in [1.82, 2.24) is 14.8 Å². The lowest BCUT2D eigenvalue weighted by Gasteiger charge is -2.40. The summed E-state index contributed by atoms with van der Waals surface area (Å²) >= 11 is 0. The van der Waals surface area contributed by atoms with E-state index in [1.54, 1.807) is 6.20 Å². The first-order valence-electron chi connectivity index (χ1n) is 12.0. The molecule has 228 valence electrons. The van der Waals surface area contributed by atoms with Crippen molar-refractivity contribution < 1.29 is 59.4 Å². The van der Waals surface area contributed by atoms with Crippen molar-refractivity contribution in [3.05, 3.63) is 30.1 Å². The molecule has 0 bridgehead atoms. The van der Waals surface area contributed by atoms with Gasteiger partial charge in [-0.25, -0.2) is 18.0 Å². The molecule has 3 heterocycles. The Hall–Kier alpha value is -2.95. The summed E-state index contributed by atoms with van der Waals surface area (Å²) in [5, 5.41) is 13.9. The van der Waals surface area contributed by atoms with Crippen molar-refractivity contribution in [3.8, 4) is 0 Å². The van der Waals surface area contributed by atoms with E-state index in [0.29, 0.717) is 51.4 Å². The van der Waals surface area contributed by atoms with Crippen LogP contribution in [0.1, 0.15) is 38.7 Å². The van der Waals surface area contributed by atoms with E-state index in [0.717, 1.165) is 5.56 Å². The lowest BCUT2D eigenvalue weighted by Crippen LogP contribution is -2.54. The highest BCUT2D eigenvalue weighted by Crippen LogP contribution is 2.29. The highest BCUT2D eigenvalue weighted by Gasteiger charge is 2.43. The molecule has 40 heavy (non-hydrogen) atoms. The van der Waals surface area contributed by atoms with Gasteiger partial charge in [0.15, 0.2) is 9.84 Å². The van der Waals surface area contributed by atoms with E-state index in [-0.39, 0.29) is 23.0 Å². The number of aliphatic carboxylic acids is 2. The van der Waals surface area contributed by atoms with Crippen LogP contribution in [-0.2, 0) is 30.8 Å². The number of aromatic nitrogens is 1. The number of halogens is 6. The highest BCUT2D eigenvalue weighted by molar-refractivity contribution is 7.92. The maximum absolute atomic E-state index is 12.7. The second-order valence-corrected chi connectivity index (χ2v) is 11.8. The summed E-state index contributed by atoms with van der Waals surface area (Å²) in [5.41, 5.74) is 1.10. The molecule has 2 aliphatic rings. The lowest BCUT2D eigenvalue weighted by molar-refractivity contribution is -0.193. The second kappa shape index (κ2) is 14.6. The van der Waals surface area contributed by atoms with Crippen molar-refractivity contribution in [2.24, 2.45) is 5.92 Å². The monoisotopic (exact) mass is 607 g/mol. The van der Waals surface area contributed by atoms with Crippen LogP contribution in [0.2, 0.25) is 0 Å². The molecule has 17 heteroatoms. The molecule has 2 atom stereocenters. The highest BCUT2D eigenvalue weighted by atomic mass is 32.2. The van der Waals surface area contributed by atoms with E-state index in [4.69, 9.17) is 19.8 Å². The fraction of sp³-hybridized carbons (Fsp3) is 0.652. The zero-order valence-electron chi connectivity index (χ0n) is 21.7.